The molecule has 6 nitrogen and oxygen atoms in total. The normalized spacial score (nSPS) is 13.6. The summed E-state index contributed by atoms with van der Waals surface area (Å²) in [5.74, 6) is 0.833. The molecule has 0 saturated heterocycles. The second-order valence-corrected chi connectivity index (χ2v) is 7.79. The lowest BCUT2D eigenvalue weighted by Crippen LogP contribution is -2.41. The van der Waals surface area contributed by atoms with Crippen molar-refractivity contribution in [3.05, 3.63) is 26.6 Å². The number of ether oxygens (including phenoxy) is 1. The predicted molar refractivity (Wildman–Crippen MR) is 104 cm³/mol. The Labute approximate surface area is 157 Å². The van der Waals surface area contributed by atoms with Crippen molar-refractivity contribution in [3.63, 3.8) is 0 Å². The van der Waals surface area contributed by atoms with E-state index in [1.807, 2.05) is 11.8 Å². The van der Waals surface area contributed by atoms with Crippen molar-refractivity contribution in [2.45, 2.75) is 59.0 Å². The van der Waals surface area contributed by atoms with Gasteiger partial charge in [0.05, 0.1) is 16.9 Å². The molecule has 0 saturated carbocycles. The van der Waals surface area contributed by atoms with E-state index in [9.17, 15) is 9.59 Å². The highest BCUT2D eigenvalue weighted by molar-refractivity contribution is 7.20. The van der Waals surface area contributed by atoms with Gasteiger partial charge in [-0.2, -0.15) is 0 Å². The van der Waals surface area contributed by atoms with Crippen LogP contribution in [-0.4, -0.2) is 46.7 Å². The molecule has 0 aliphatic carbocycles. The Morgan fingerprint density at radius 1 is 1.38 bits per heavy atom. The number of methoxy groups -OCH3 is 1. The number of hydrogen-bond acceptors (Lipinski definition) is 5. The Morgan fingerprint density at radius 2 is 2.12 bits per heavy atom. The summed E-state index contributed by atoms with van der Waals surface area (Å²) in [4.78, 5) is 34.1. The molecule has 3 heterocycles. The van der Waals surface area contributed by atoms with Gasteiger partial charge >= 0.3 is 0 Å². The van der Waals surface area contributed by atoms with Gasteiger partial charge in [-0.1, -0.05) is 13.8 Å². The molecule has 2 aromatic rings. The average molecular weight is 378 g/mol. The number of nitrogens with zero attached hydrogens (tertiary/aromatic N) is 3. The molecule has 1 aliphatic heterocycles. The third kappa shape index (κ3) is 3.18. The van der Waals surface area contributed by atoms with Crippen molar-refractivity contribution in [1.82, 2.24) is 14.5 Å². The Bertz CT molecular complexity index is 867. The van der Waals surface area contributed by atoms with Crippen molar-refractivity contribution in [1.29, 1.82) is 0 Å². The molecular formula is C19H27N3O3S. The average Bonchev–Trinajstić information content (AvgIpc) is 3.23. The number of aryl methyl sites for hydroxylation is 2. The smallest absolute Gasteiger partial charge is 0.264 e. The molecule has 0 bridgehead atoms. The van der Waals surface area contributed by atoms with Crippen molar-refractivity contribution < 1.29 is 9.53 Å². The number of rotatable bonds is 7. The van der Waals surface area contributed by atoms with Crippen LogP contribution in [0.25, 0.3) is 10.2 Å². The number of thiophene rings is 1. The molecule has 0 spiro atoms. The standard InChI is InChI=1S/C19H27N3O3S/c1-5-13(6-2)21(10-11-25-4)19(24)16-12(3)15-17(26-16)20-14-8-7-9-22(14)18(15)23/h13H,5-11H2,1-4H3. The Balaban J connectivity index is 2.05. The van der Waals surface area contributed by atoms with E-state index in [0.717, 1.165) is 43.6 Å². The topological polar surface area (TPSA) is 64.4 Å². The highest BCUT2D eigenvalue weighted by atomic mass is 32.1. The molecule has 0 unspecified atom stereocenters. The van der Waals surface area contributed by atoms with Gasteiger partial charge in [0.25, 0.3) is 11.5 Å². The predicted octanol–water partition coefficient (Wildman–Crippen LogP) is 2.99. The Kier molecular flexibility index (Phi) is 5.77. The first-order chi connectivity index (χ1) is 12.5. The van der Waals surface area contributed by atoms with Crippen molar-refractivity contribution in [2.24, 2.45) is 0 Å². The molecule has 26 heavy (non-hydrogen) atoms. The first-order valence-corrected chi connectivity index (χ1v) is 10.2. The SMILES string of the molecule is CCC(CC)N(CCOC)C(=O)c1sc2nc3n(c(=O)c2c1C)CCC3. The lowest BCUT2D eigenvalue weighted by molar-refractivity contribution is 0.0594. The van der Waals surface area contributed by atoms with E-state index in [1.54, 1.807) is 11.7 Å². The molecule has 0 fully saturated rings. The zero-order chi connectivity index (χ0) is 18.8. The summed E-state index contributed by atoms with van der Waals surface area (Å²) in [6, 6.07) is 0.168. The first kappa shape index (κ1) is 19.0. The van der Waals surface area contributed by atoms with Gasteiger partial charge in [-0.15, -0.1) is 11.3 Å². The third-order valence-electron chi connectivity index (χ3n) is 5.29. The molecule has 142 valence electrons. The third-order valence-corrected chi connectivity index (χ3v) is 6.46. The molecule has 0 radical (unpaired) electrons. The molecule has 0 atom stereocenters. The van der Waals surface area contributed by atoms with Gasteiger partial charge in [0.2, 0.25) is 0 Å². The van der Waals surface area contributed by atoms with Crippen LogP contribution in [0, 0.1) is 6.92 Å². The van der Waals surface area contributed by atoms with Crippen LogP contribution in [0.4, 0.5) is 0 Å². The summed E-state index contributed by atoms with van der Waals surface area (Å²) in [5, 5.41) is 0.611. The molecule has 0 N–H and O–H groups in total. The molecule has 3 rings (SSSR count). The minimum atomic E-state index is -0.0131. The molecule has 1 amide bonds. The van der Waals surface area contributed by atoms with Gasteiger partial charge in [-0.05, 0) is 31.7 Å². The van der Waals surface area contributed by atoms with E-state index in [0.29, 0.717) is 28.2 Å². The second kappa shape index (κ2) is 7.88. The highest BCUT2D eigenvalue weighted by Crippen LogP contribution is 2.30. The maximum Gasteiger partial charge on any atom is 0.264 e. The number of amides is 1. The van der Waals surface area contributed by atoms with Gasteiger partial charge in [0.15, 0.2) is 0 Å². The quantitative estimate of drug-likeness (QED) is 0.744. The number of aromatic nitrogens is 2. The summed E-state index contributed by atoms with van der Waals surface area (Å²) < 4.78 is 6.97. The summed E-state index contributed by atoms with van der Waals surface area (Å²) >= 11 is 1.36. The monoisotopic (exact) mass is 377 g/mol. The molecule has 0 aromatic carbocycles. The largest absolute Gasteiger partial charge is 0.383 e. The van der Waals surface area contributed by atoms with E-state index in [4.69, 9.17) is 4.74 Å². The van der Waals surface area contributed by atoms with Crippen LogP contribution in [0.15, 0.2) is 4.79 Å². The summed E-state index contributed by atoms with van der Waals surface area (Å²) in [6.07, 6.45) is 3.58. The minimum absolute atomic E-state index is 0.00118. The minimum Gasteiger partial charge on any atom is -0.383 e. The maximum atomic E-state index is 13.3. The van der Waals surface area contributed by atoms with E-state index in [1.165, 1.54) is 11.3 Å². The summed E-state index contributed by atoms with van der Waals surface area (Å²) in [6.45, 7) is 7.84. The number of carbonyl (C=O) groups excluding carboxylic acids is 1. The van der Waals surface area contributed by atoms with Crippen LogP contribution in [0.1, 0.15) is 54.2 Å². The van der Waals surface area contributed by atoms with E-state index >= 15 is 0 Å². The van der Waals surface area contributed by atoms with Crippen LogP contribution < -0.4 is 5.56 Å². The summed E-state index contributed by atoms with van der Waals surface area (Å²) in [7, 11) is 1.65. The maximum absolute atomic E-state index is 13.3. The Hall–Kier alpha value is -1.73. The van der Waals surface area contributed by atoms with E-state index in [-0.39, 0.29) is 17.5 Å². The fraction of sp³-hybridized carbons (Fsp3) is 0.632. The second-order valence-electron chi connectivity index (χ2n) is 6.79. The van der Waals surface area contributed by atoms with Crippen LogP contribution >= 0.6 is 11.3 Å². The van der Waals surface area contributed by atoms with Gasteiger partial charge in [0.1, 0.15) is 10.7 Å². The van der Waals surface area contributed by atoms with Crippen molar-refractivity contribution in [3.8, 4) is 0 Å². The fourth-order valence-electron chi connectivity index (χ4n) is 3.78. The van der Waals surface area contributed by atoms with E-state index < -0.39 is 0 Å². The van der Waals surface area contributed by atoms with Crippen molar-refractivity contribution >= 4 is 27.5 Å². The lowest BCUT2D eigenvalue weighted by atomic mass is 10.1. The van der Waals surface area contributed by atoms with E-state index in [2.05, 4.69) is 18.8 Å². The lowest BCUT2D eigenvalue weighted by Gasteiger charge is -2.30. The van der Waals surface area contributed by atoms with Crippen molar-refractivity contribution in [2.75, 3.05) is 20.3 Å². The fourth-order valence-corrected chi connectivity index (χ4v) is 4.93. The van der Waals surface area contributed by atoms with Crippen LogP contribution in [0.3, 0.4) is 0 Å². The Morgan fingerprint density at radius 3 is 2.77 bits per heavy atom. The zero-order valence-electron chi connectivity index (χ0n) is 16.0. The number of fused-ring (bicyclic) bond motifs is 2. The van der Waals surface area contributed by atoms with Gasteiger partial charge in [-0.3, -0.25) is 14.2 Å². The molecule has 1 aliphatic rings. The van der Waals surface area contributed by atoms with Crippen LogP contribution in [-0.2, 0) is 17.7 Å². The summed E-state index contributed by atoms with van der Waals surface area (Å²) in [5.41, 5.74) is 0.768. The number of hydrogen-bond donors (Lipinski definition) is 0. The molecule has 7 heteroatoms. The van der Waals surface area contributed by atoms with Crippen LogP contribution in [0.2, 0.25) is 0 Å². The first-order valence-electron chi connectivity index (χ1n) is 9.36. The zero-order valence-corrected chi connectivity index (χ0v) is 16.8. The highest BCUT2D eigenvalue weighted by Gasteiger charge is 2.28. The molecule has 2 aromatic heterocycles. The number of carbonyl (C=O) groups is 1. The van der Waals surface area contributed by atoms with Gasteiger partial charge in [-0.25, -0.2) is 4.98 Å². The van der Waals surface area contributed by atoms with Gasteiger partial charge in [0, 0.05) is 32.7 Å². The van der Waals surface area contributed by atoms with Gasteiger partial charge < -0.3 is 9.64 Å². The van der Waals surface area contributed by atoms with Crippen LogP contribution in [0.5, 0.6) is 0 Å². The molecular weight excluding hydrogens is 350 g/mol.